The van der Waals surface area contributed by atoms with E-state index < -0.39 is 11.3 Å². The minimum atomic E-state index is -1.23. The number of rotatable bonds is 3. The largest absolute Gasteiger partial charge is 0.371 e. The van der Waals surface area contributed by atoms with Crippen LogP contribution in [0.1, 0.15) is 41.0 Å². The molecule has 0 aliphatic carbocycles. The van der Waals surface area contributed by atoms with Gasteiger partial charge in [-0.2, -0.15) is 0 Å². The third-order valence-electron chi connectivity index (χ3n) is 4.03. The number of halogens is 1. The predicted molar refractivity (Wildman–Crippen MR) is 90.2 cm³/mol. The van der Waals surface area contributed by atoms with E-state index in [2.05, 4.69) is 13.8 Å². The molecular formula is C17H25ClN2O2. The van der Waals surface area contributed by atoms with Gasteiger partial charge in [0.15, 0.2) is 0 Å². The molecule has 0 saturated carbocycles. The highest BCUT2D eigenvalue weighted by Crippen LogP contribution is 2.39. The molecule has 0 aromatic heterocycles. The van der Waals surface area contributed by atoms with E-state index in [1.807, 2.05) is 18.7 Å². The maximum atomic E-state index is 13.0. The standard InChI is InChI=1S/C17H25ClN2O2/c1-12(2)10-19-15(21)20(14-8-6-13(18)7-9-14)17(5,22)11-16(19,3)4/h6-9,12,22H,10-11H2,1-5H3/t17-/m0/s1. The number of hydrogen-bond acceptors (Lipinski definition) is 2. The summed E-state index contributed by atoms with van der Waals surface area (Å²) in [4.78, 5) is 16.4. The topological polar surface area (TPSA) is 43.8 Å². The van der Waals surface area contributed by atoms with Gasteiger partial charge < -0.3 is 10.0 Å². The molecule has 122 valence electrons. The molecule has 1 aromatic carbocycles. The summed E-state index contributed by atoms with van der Waals surface area (Å²) >= 11 is 5.92. The molecule has 0 radical (unpaired) electrons. The Labute approximate surface area is 137 Å². The van der Waals surface area contributed by atoms with Crippen molar-refractivity contribution in [3.05, 3.63) is 29.3 Å². The van der Waals surface area contributed by atoms with Gasteiger partial charge in [-0.05, 0) is 51.0 Å². The van der Waals surface area contributed by atoms with Crippen LogP contribution in [-0.4, -0.2) is 33.8 Å². The maximum absolute atomic E-state index is 13.0. The molecule has 2 amide bonds. The zero-order chi connectivity index (χ0) is 16.7. The van der Waals surface area contributed by atoms with Crippen molar-refractivity contribution in [2.45, 2.75) is 52.3 Å². The molecule has 1 saturated heterocycles. The quantitative estimate of drug-likeness (QED) is 0.909. The summed E-state index contributed by atoms with van der Waals surface area (Å²) in [6, 6.07) is 6.82. The van der Waals surface area contributed by atoms with Crippen molar-refractivity contribution in [3.63, 3.8) is 0 Å². The lowest BCUT2D eigenvalue weighted by Gasteiger charge is -2.54. The molecule has 1 aliphatic rings. The first-order valence-corrected chi connectivity index (χ1v) is 8.02. The molecule has 0 unspecified atom stereocenters. The number of anilines is 1. The molecule has 1 N–H and O–H groups in total. The summed E-state index contributed by atoms with van der Waals surface area (Å²) in [5, 5.41) is 11.5. The molecule has 2 rings (SSSR count). The van der Waals surface area contributed by atoms with Crippen LogP contribution in [0.25, 0.3) is 0 Å². The summed E-state index contributed by atoms with van der Waals surface area (Å²) in [6.07, 6.45) is 0.473. The zero-order valence-corrected chi connectivity index (χ0v) is 14.7. The van der Waals surface area contributed by atoms with Gasteiger partial charge in [-0.1, -0.05) is 25.4 Å². The summed E-state index contributed by atoms with van der Waals surface area (Å²) in [7, 11) is 0. The molecule has 0 bridgehead atoms. The van der Waals surface area contributed by atoms with E-state index in [1.54, 1.807) is 31.2 Å². The number of aliphatic hydroxyl groups is 1. The van der Waals surface area contributed by atoms with E-state index in [0.29, 0.717) is 29.6 Å². The van der Waals surface area contributed by atoms with E-state index in [1.165, 1.54) is 4.90 Å². The number of carbonyl (C=O) groups is 1. The van der Waals surface area contributed by atoms with E-state index in [0.717, 1.165) is 0 Å². The third kappa shape index (κ3) is 3.23. The minimum Gasteiger partial charge on any atom is -0.371 e. The van der Waals surface area contributed by atoms with Crippen molar-refractivity contribution in [3.8, 4) is 0 Å². The number of nitrogens with zero attached hydrogens (tertiary/aromatic N) is 2. The molecule has 4 nitrogen and oxygen atoms in total. The highest BCUT2D eigenvalue weighted by atomic mass is 35.5. The molecule has 1 fully saturated rings. The van der Waals surface area contributed by atoms with Crippen LogP contribution in [0.5, 0.6) is 0 Å². The first-order valence-electron chi connectivity index (χ1n) is 7.64. The van der Waals surface area contributed by atoms with Crippen molar-refractivity contribution in [2.75, 3.05) is 11.4 Å². The van der Waals surface area contributed by atoms with Crippen LogP contribution in [0, 0.1) is 5.92 Å². The highest BCUT2D eigenvalue weighted by molar-refractivity contribution is 6.30. The van der Waals surface area contributed by atoms with E-state index in [9.17, 15) is 9.90 Å². The number of amides is 2. The van der Waals surface area contributed by atoms with Crippen LogP contribution in [0.15, 0.2) is 24.3 Å². The Morgan fingerprint density at radius 1 is 1.23 bits per heavy atom. The minimum absolute atomic E-state index is 0.169. The Balaban J connectivity index is 2.43. The van der Waals surface area contributed by atoms with Crippen LogP contribution in [0.3, 0.4) is 0 Å². The fourth-order valence-electron chi connectivity index (χ4n) is 3.25. The molecule has 0 spiro atoms. The highest BCUT2D eigenvalue weighted by Gasteiger charge is 2.50. The summed E-state index contributed by atoms with van der Waals surface area (Å²) in [5.41, 5.74) is -0.973. The number of urea groups is 1. The van der Waals surface area contributed by atoms with Crippen molar-refractivity contribution < 1.29 is 9.90 Å². The molecule has 1 aliphatic heterocycles. The normalized spacial score (nSPS) is 25.0. The lowest BCUT2D eigenvalue weighted by Crippen LogP contribution is -2.68. The third-order valence-corrected chi connectivity index (χ3v) is 4.29. The first-order chi connectivity index (χ1) is 10.0. The van der Waals surface area contributed by atoms with Gasteiger partial charge in [0.1, 0.15) is 5.72 Å². The second-order valence-electron chi connectivity index (χ2n) is 7.31. The van der Waals surface area contributed by atoms with Crippen LogP contribution in [-0.2, 0) is 0 Å². The van der Waals surface area contributed by atoms with Gasteiger partial charge in [-0.3, -0.25) is 4.90 Å². The predicted octanol–water partition coefficient (Wildman–Crippen LogP) is 4.12. The van der Waals surface area contributed by atoms with Gasteiger partial charge >= 0.3 is 6.03 Å². The van der Waals surface area contributed by atoms with Gasteiger partial charge in [0.2, 0.25) is 0 Å². The average Bonchev–Trinajstić information content (AvgIpc) is 2.35. The summed E-state index contributed by atoms with van der Waals surface area (Å²) < 4.78 is 0. The van der Waals surface area contributed by atoms with Crippen LogP contribution < -0.4 is 4.90 Å². The lowest BCUT2D eigenvalue weighted by molar-refractivity contribution is -0.0280. The Morgan fingerprint density at radius 3 is 2.27 bits per heavy atom. The Morgan fingerprint density at radius 2 is 1.77 bits per heavy atom. The van der Waals surface area contributed by atoms with Crippen molar-refractivity contribution in [2.24, 2.45) is 5.92 Å². The number of hydrogen-bond donors (Lipinski definition) is 1. The Hall–Kier alpha value is -1.26. The number of benzene rings is 1. The van der Waals surface area contributed by atoms with Crippen LogP contribution >= 0.6 is 11.6 Å². The molecule has 22 heavy (non-hydrogen) atoms. The van der Waals surface area contributed by atoms with Crippen LogP contribution in [0.2, 0.25) is 5.02 Å². The maximum Gasteiger partial charge on any atom is 0.327 e. The lowest BCUT2D eigenvalue weighted by atomic mass is 9.87. The second-order valence-corrected chi connectivity index (χ2v) is 7.74. The SMILES string of the molecule is CC(C)CN1C(=O)N(c2ccc(Cl)cc2)[C@@](C)(O)CC1(C)C. The van der Waals surface area contributed by atoms with Gasteiger partial charge in [0, 0.05) is 29.2 Å². The molecular weight excluding hydrogens is 300 g/mol. The molecule has 1 heterocycles. The molecule has 1 atom stereocenters. The van der Waals surface area contributed by atoms with Crippen LogP contribution in [0.4, 0.5) is 10.5 Å². The fourth-order valence-corrected chi connectivity index (χ4v) is 3.37. The Bertz CT molecular complexity index is 552. The Kier molecular flexibility index (Phi) is 4.46. The summed E-state index contributed by atoms with van der Waals surface area (Å²) in [6.45, 7) is 10.5. The van der Waals surface area contributed by atoms with Crippen molar-refractivity contribution >= 4 is 23.3 Å². The van der Waals surface area contributed by atoms with Crippen molar-refractivity contribution in [1.29, 1.82) is 0 Å². The summed E-state index contributed by atoms with van der Waals surface area (Å²) in [5.74, 6) is 0.360. The van der Waals surface area contributed by atoms with E-state index in [-0.39, 0.29) is 6.03 Å². The van der Waals surface area contributed by atoms with E-state index in [4.69, 9.17) is 11.6 Å². The first kappa shape index (κ1) is 17.1. The second kappa shape index (κ2) is 5.74. The van der Waals surface area contributed by atoms with Crippen molar-refractivity contribution in [1.82, 2.24) is 4.90 Å². The van der Waals surface area contributed by atoms with Gasteiger partial charge in [-0.25, -0.2) is 4.79 Å². The van der Waals surface area contributed by atoms with Gasteiger partial charge in [0.25, 0.3) is 0 Å². The van der Waals surface area contributed by atoms with E-state index >= 15 is 0 Å². The molecule has 1 aromatic rings. The number of carbonyl (C=O) groups excluding carboxylic acids is 1. The van der Waals surface area contributed by atoms with Gasteiger partial charge in [0.05, 0.1) is 0 Å². The zero-order valence-electron chi connectivity index (χ0n) is 13.9. The molecule has 5 heteroatoms. The average molecular weight is 325 g/mol. The fraction of sp³-hybridized carbons (Fsp3) is 0.588. The smallest absolute Gasteiger partial charge is 0.327 e. The monoisotopic (exact) mass is 324 g/mol. The van der Waals surface area contributed by atoms with Gasteiger partial charge in [-0.15, -0.1) is 0 Å².